The Kier molecular flexibility index (Phi) is 4.78. The van der Waals surface area contributed by atoms with Gasteiger partial charge in [-0.25, -0.2) is 4.98 Å². The van der Waals surface area contributed by atoms with Gasteiger partial charge in [0.15, 0.2) is 0 Å². The molecule has 2 aromatic rings. The van der Waals surface area contributed by atoms with Gasteiger partial charge in [-0.15, -0.1) is 0 Å². The van der Waals surface area contributed by atoms with Crippen molar-refractivity contribution < 1.29 is 4.79 Å². The Bertz CT molecular complexity index is 743. The molecule has 0 unspecified atom stereocenters. The van der Waals surface area contributed by atoms with Gasteiger partial charge in [-0.3, -0.25) is 14.7 Å². The summed E-state index contributed by atoms with van der Waals surface area (Å²) < 4.78 is 0. The SMILES string of the molecule is O=C(CN1CCCN(c2cnc3ccccc3n2)CC1)N1CCCC1. The van der Waals surface area contributed by atoms with Crippen LogP contribution in [-0.2, 0) is 4.79 Å². The van der Waals surface area contributed by atoms with E-state index in [1.807, 2.05) is 35.4 Å². The van der Waals surface area contributed by atoms with E-state index in [2.05, 4.69) is 14.8 Å². The van der Waals surface area contributed by atoms with Gasteiger partial charge < -0.3 is 9.80 Å². The molecule has 1 aromatic heterocycles. The third kappa shape index (κ3) is 3.74. The average molecular weight is 339 g/mol. The Morgan fingerprint density at radius 3 is 2.56 bits per heavy atom. The molecule has 0 aliphatic carbocycles. The molecule has 0 N–H and O–H groups in total. The minimum atomic E-state index is 0.288. The third-order valence-corrected chi connectivity index (χ3v) is 5.17. The first-order valence-corrected chi connectivity index (χ1v) is 9.26. The lowest BCUT2D eigenvalue weighted by atomic mass is 10.3. The monoisotopic (exact) mass is 339 g/mol. The number of fused-ring (bicyclic) bond motifs is 1. The number of aromatic nitrogens is 2. The summed E-state index contributed by atoms with van der Waals surface area (Å²) in [6.07, 6.45) is 5.22. The smallest absolute Gasteiger partial charge is 0.236 e. The van der Waals surface area contributed by atoms with Gasteiger partial charge in [-0.1, -0.05) is 12.1 Å². The van der Waals surface area contributed by atoms with Crippen LogP contribution in [0.5, 0.6) is 0 Å². The lowest BCUT2D eigenvalue weighted by Crippen LogP contribution is -2.40. The van der Waals surface area contributed by atoms with Crippen LogP contribution in [0.15, 0.2) is 30.5 Å². The Hall–Kier alpha value is -2.21. The molecule has 6 heteroatoms. The second-order valence-electron chi connectivity index (χ2n) is 6.92. The molecule has 2 fully saturated rings. The van der Waals surface area contributed by atoms with Crippen LogP contribution < -0.4 is 4.90 Å². The van der Waals surface area contributed by atoms with E-state index in [4.69, 9.17) is 4.98 Å². The summed E-state index contributed by atoms with van der Waals surface area (Å²) in [7, 11) is 0. The van der Waals surface area contributed by atoms with Crippen LogP contribution in [-0.4, -0.2) is 71.5 Å². The van der Waals surface area contributed by atoms with Crippen LogP contribution in [0.2, 0.25) is 0 Å². The number of amides is 1. The highest BCUT2D eigenvalue weighted by Crippen LogP contribution is 2.17. The average Bonchev–Trinajstić information content (AvgIpc) is 3.09. The Morgan fingerprint density at radius 1 is 0.920 bits per heavy atom. The maximum atomic E-state index is 12.4. The van der Waals surface area contributed by atoms with Gasteiger partial charge in [0, 0.05) is 39.3 Å². The number of benzene rings is 1. The van der Waals surface area contributed by atoms with Crippen LogP contribution in [0.25, 0.3) is 11.0 Å². The molecule has 2 aliphatic rings. The number of nitrogens with zero attached hydrogens (tertiary/aromatic N) is 5. The van der Waals surface area contributed by atoms with Crippen LogP contribution in [0.4, 0.5) is 5.82 Å². The largest absolute Gasteiger partial charge is 0.354 e. The van der Waals surface area contributed by atoms with Gasteiger partial charge >= 0.3 is 0 Å². The molecule has 0 bridgehead atoms. The van der Waals surface area contributed by atoms with Crippen molar-refractivity contribution in [1.29, 1.82) is 0 Å². The predicted molar refractivity (Wildman–Crippen MR) is 98.6 cm³/mol. The molecule has 132 valence electrons. The molecule has 0 atom stereocenters. The van der Waals surface area contributed by atoms with Crippen LogP contribution in [0.3, 0.4) is 0 Å². The van der Waals surface area contributed by atoms with Gasteiger partial charge in [-0.2, -0.15) is 0 Å². The highest BCUT2D eigenvalue weighted by Gasteiger charge is 2.22. The number of hydrogen-bond acceptors (Lipinski definition) is 5. The van der Waals surface area contributed by atoms with E-state index in [1.54, 1.807) is 0 Å². The fourth-order valence-corrected chi connectivity index (χ4v) is 3.72. The van der Waals surface area contributed by atoms with Gasteiger partial charge in [0.25, 0.3) is 0 Å². The molecule has 1 aromatic carbocycles. The predicted octanol–water partition coefficient (Wildman–Crippen LogP) is 1.76. The minimum absolute atomic E-state index is 0.288. The molecule has 25 heavy (non-hydrogen) atoms. The van der Waals surface area contributed by atoms with E-state index in [9.17, 15) is 4.79 Å². The number of anilines is 1. The molecular weight excluding hydrogens is 314 g/mol. The zero-order valence-corrected chi connectivity index (χ0v) is 14.6. The van der Waals surface area contributed by atoms with Crippen molar-refractivity contribution in [2.24, 2.45) is 0 Å². The van der Waals surface area contributed by atoms with E-state index in [0.717, 1.165) is 75.4 Å². The van der Waals surface area contributed by atoms with E-state index < -0.39 is 0 Å². The molecule has 0 spiro atoms. The highest BCUT2D eigenvalue weighted by atomic mass is 16.2. The lowest BCUT2D eigenvalue weighted by Gasteiger charge is -2.24. The van der Waals surface area contributed by atoms with Gasteiger partial charge in [0.1, 0.15) is 5.82 Å². The number of para-hydroxylation sites is 2. The fraction of sp³-hybridized carbons (Fsp3) is 0.526. The number of hydrogen-bond donors (Lipinski definition) is 0. The molecule has 1 amide bonds. The summed E-state index contributed by atoms with van der Waals surface area (Å²) in [6, 6.07) is 7.97. The number of carbonyl (C=O) groups excluding carboxylic acids is 1. The minimum Gasteiger partial charge on any atom is -0.354 e. The molecule has 6 nitrogen and oxygen atoms in total. The number of likely N-dealkylation sites (tertiary alicyclic amines) is 1. The number of carbonyl (C=O) groups is 1. The van der Waals surface area contributed by atoms with E-state index in [-0.39, 0.29) is 5.91 Å². The van der Waals surface area contributed by atoms with Crippen LogP contribution in [0, 0.1) is 0 Å². The second-order valence-corrected chi connectivity index (χ2v) is 6.92. The standard InChI is InChI=1S/C19H25N5O/c25-19(24-9-3-4-10-24)15-22-8-5-11-23(13-12-22)18-14-20-16-6-1-2-7-17(16)21-18/h1-2,6-7,14H,3-5,8-13,15H2. The highest BCUT2D eigenvalue weighted by molar-refractivity contribution is 5.78. The summed E-state index contributed by atoms with van der Waals surface area (Å²) in [4.78, 5) is 28.2. The maximum Gasteiger partial charge on any atom is 0.236 e. The van der Waals surface area contributed by atoms with Crippen molar-refractivity contribution in [3.8, 4) is 0 Å². The third-order valence-electron chi connectivity index (χ3n) is 5.17. The first-order valence-electron chi connectivity index (χ1n) is 9.26. The van der Waals surface area contributed by atoms with Crippen molar-refractivity contribution in [1.82, 2.24) is 19.8 Å². The first kappa shape index (κ1) is 16.3. The van der Waals surface area contributed by atoms with Gasteiger partial charge in [0.2, 0.25) is 5.91 Å². The van der Waals surface area contributed by atoms with Crippen molar-refractivity contribution in [2.75, 3.05) is 50.7 Å². The Balaban J connectivity index is 1.39. The van der Waals surface area contributed by atoms with Crippen molar-refractivity contribution in [2.45, 2.75) is 19.3 Å². The topological polar surface area (TPSA) is 52.6 Å². The van der Waals surface area contributed by atoms with E-state index >= 15 is 0 Å². The van der Waals surface area contributed by atoms with Gasteiger partial charge in [0.05, 0.1) is 23.8 Å². The summed E-state index contributed by atoms with van der Waals surface area (Å²) in [5.74, 6) is 1.22. The summed E-state index contributed by atoms with van der Waals surface area (Å²) >= 11 is 0. The Morgan fingerprint density at radius 2 is 1.72 bits per heavy atom. The molecule has 3 heterocycles. The second kappa shape index (κ2) is 7.35. The summed E-state index contributed by atoms with van der Waals surface area (Å²) in [6.45, 7) is 6.14. The van der Waals surface area contributed by atoms with Crippen molar-refractivity contribution in [3.05, 3.63) is 30.5 Å². The normalized spacial score (nSPS) is 19.4. The molecule has 0 radical (unpaired) electrons. The van der Waals surface area contributed by atoms with Crippen LogP contribution in [0.1, 0.15) is 19.3 Å². The Labute approximate surface area is 148 Å². The molecule has 2 saturated heterocycles. The fourth-order valence-electron chi connectivity index (χ4n) is 3.72. The quantitative estimate of drug-likeness (QED) is 0.853. The summed E-state index contributed by atoms with van der Waals surface area (Å²) in [5.41, 5.74) is 1.87. The number of rotatable bonds is 3. The maximum absolute atomic E-state index is 12.4. The molecular formula is C19H25N5O. The molecule has 0 saturated carbocycles. The van der Waals surface area contributed by atoms with E-state index in [1.165, 1.54) is 0 Å². The molecule has 4 rings (SSSR count). The first-order chi connectivity index (χ1) is 12.3. The molecule has 2 aliphatic heterocycles. The van der Waals surface area contributed by atoms with Crippen molar-refractivity contribution >= 4 is 22.8 Å². The van der Waals surface area contributed by atoms with Crippen LogP contribution >= 0.6 is 0 Å². The van der Waals surface area contributed by atoms with Gasteiger partial charge in [-0.05, 0) is 31.4 Å². The van der Waals surface area contributed by atoms with E-state index in [0.29, 0.717) is 6.54 Å². The zero-order chi connectivity index (χ0) is 17.1. The lowest BCUT2D eigenvalue weighted by molar-refractivity contribution is -0.131. The van der Waals surface area contributed by atoms with Crippen molar-refractivity contribution in [3.63, 3.8) is 0 Å². The summed E-state index contributed by atoms with van der Waals surface area (Å²) in [5, 5.41) is 0. The zero-order valence-electron chi connectivity index (χ0n) is 14.6.